The molecule has 2 aromatic rings. The molecular formula is C26H25Cl2N3O4S. The highest BCUT2D eigenvalue weighted by Gasteiger charge is 2.36. The minimum atomic E-state index is -0.763. The number of esters is 1. The number of amides is 1. The third-order valence-corrected chi connectivity index (χ3v) is 7.26. The van der Waals surface area contributed by atoms with Crippen LogP contribution in [0.25, 0.3) is 0 Å². The second kappa shape index (κ2) is 12.8. The lowest BCUT2D eigenvalue weighted by Gasteiger charge is -2.29. The number of nitriles is 1. The maximum atomic E-state index is 13.0. The fourth-order valence-corrected chi connectivity index (χ4v) is 4.99. The number of dihydropyridines is 1. The van der Waals surface area contributed by atoms with Gasteiger partial charge in [-0.15, -0.1) is 0 Å². The molecule has 2 aromatic carbocycles. The van der Waals surface area contributed by atoms with E-state index in [2.05, 4.69) is 16.7 Å². The number of rotatable bonds is 9. The number of hydrogen-bond acceptors (Lipinski definition) is 7. The molecule has 2 N–H and O–H groups in total. The normalized spacial score (nSPS) is 15.3. The first-order valence-corrected chi connectivity index (χ1v) is 12.7. The van der Waals surface area contributed by atoms with E-state index in [1.54, 1.807) is 49.4 Å². The monoisotopic (exact) mass is 545 g/mol. The number of halogens is 2. The van der Waals surface area contributed by atoms with Gasteiger partial charge in [0.1, 0.15) is 6.61 Å². The van der Waals surface area contributed by atoms with Crippen LogP contribution in [0.5, 0.6) is 0 Å². The van der Waals surface area contributed by atoms with Gasteiger partial charge < -0.3 is 20.1 Å². The molecule has 0 fully saturated rings. The summed E-state index contributed by atoms with van der Waals surface area (Å²) in [4.78, 5) is 25.7. The molecule has 188 valence electrons. The van der Waals surface area contributed by atoms with Crippen LogP contribution in [0.15, 0.2) is 64.3 Å². The Morgan fingerprint density at radius 1 is 1.11 bits per heavy atom. The topological polar surface area (TPSA) is 100 Å². The number of nitrogens with one attached hydrogen (secondary N) is 2. The second-order valence-corrected chi connectivity index (χ2v) is 9.65. The first-order valence-electron chi connectivity index (χ1n) is 11.0. The molecule has 3 rings (SSSR count). The van der Waals surface area contributed by atoms with E-state index in [1.807, 2.05) is 6.92 Å². The minimum absolute atomic E-state index is 0.0234. The third kappa shape index (κ3) is 6.42. The van der Waals surface area contributed by atoms with Gasteiger partial charge in [0.25, 0.3) is 0 Å². The minimum Gasteiger partial charge on any atom is -0.460 e. The van der Waals surface area contributed by atoms with Crippen molar-refractivity contribution >= 4 is 52.5 Å². The zero-order valence-corrected chi connectivity index (χ0v) is 22.3. The van der Waals surface area contributed by atoms with Gasteiger partial charge in [0.05, 0.1) is 40.5 Å². The maximum absolute atomic E-state index is 13.0. The SMILES string of the molecule is COCCOC(=O)C1=C(C)NC(SCC(=O)Nc2cccc(Cl)c2C)=C(C#N)[C@H]1c1ccccc1Cl. The molecule has 0 saturated heterocycles. The van der Waals surface area contributed by atoms with Gasteiger partial charge >= 0.3 is 5.97 Å². The van der Waals surface area contributed by atoms with Gasteiger partial charge in [-0.3, -0.25) is 4.79 Å². The van der Waals surface area contributed by atoms with E-state index in [0.29, 0.717) is 32.0 Å². The zero-order valence-electron chi connectivity index (χ0n) is 20.0. The smallest absolute Gasteiger partial charge is 0.336 e. The number of allylic oxidation sites excluding steroid dienone is 2. The molecule has 0 bridgehead atoms. The molecule has 0 aliphatic carbocycles. The van der Waals surface area contributed by atoms with Crippen molar-refractivity contribution in [3.8, 4) is 6.07 Å². The van der Waals surface area contributed by atoms with E-state index in [1.165, 1.54) is 7.11 Å². The lowest BCUT2D eigenvalue weighted by molar-refractivity contribution is -0.140. The molecule has 0 radical (unpaired) electrons. The van der Waals surface area contributed by atoms with Gasteiger partial charge in [-0.25, -0.2) is 4.79 Å². The van der Waals surface area contributed by atoms with Gasteiger partial charge in [-0.1, -0.05) is 59.2 Å². The van der Waals surface area contributed by atoms with Crippen molar-refractivity contribution in [2.75, 3.05) is 31.4 Å². The summed E-state index contributed by atoms with van der Waals surface area (Å²) in [5, 5.41) is 17.5. The summed E-state index contributed by atoms with van der Waals surface area (Å²) < 4.78 is 10.3. The average Bonchev–Trinajstić information content (AvgIpc) is 2.85. The summed E-state index contributed by atoms with van der Waals surface area (Å²) in [5.74, 6) is -1.58. The third-order valence-electron chi connectivity index (χ3n) is 5.49. The lowest BCUT2D eigenvalue weighted by Crippen LogP contribution is -2.30. The van der Waals surface area contributed by atoms with Gasteiger partial charge in [0.15, 0.2) is 0 Å². The molecule has 1 amide bonds. The first kappa shape index (κ1) is 27.6. The van der Waals surface area contributed by atoms with Gasteiger partial charge in [-0.05, 0) is 43.2 Å². The Bertz CT molecular complexity index is 1270. The van der Waals surface area contributed by atoms with Crippen LogP contribution in [0.2, 0.25) is 10.0 Å². The summed E-state index contributed by atoms with van der Waals surface area (Å²) in [6, 6.07) is 14.5. The number of benzene rings is 2. The second-order valence-electron chi connectivity index (χ2n) is 7.85. The van der Waals surface area contributed by atoms with E-state index in [4.69, 9.17) is 32.7 Å². The Kier molecular flexibility index (Phi) is 9.85. The van der Waals surface area contributed by atoms with Crippen LogP contribution >= 0.6 is 35.0 Å². The summed E-state index contributed by atoms with van der Waals surface area (Å²) in [6.45, 7) is 3.85. The van der Waals surface area contributed by atoms with Gasteiger partial charge in [0, 0.05) is 28.5 Å². The summed E-state index contributed by atoms with van der Waals surface area (Å²) in [7, 11) is 1.51. The van der Waals surface area contributed by atoms with Crippen molar-refractivity contribution in [2.45, 2.75) is 19.8 Å². The highest BCUT2D eigenvalue weighted by Crippen LogP contribution is 2.43. The number of anilines is 1. The molecule has 1 aliphatic rings. The number of hydrogen-bond donors (Lipinski definition) is 2. The average molecular weight is 546 g/mol. The van der Waals surface area contributed by atoms with Crippen LogP contribution in [-0.4, -0.2) is 38.0 Å². The molecule has 0 spiro atoms. The van der Waals surface area contributed by atoms with Crippen LogP contribution in [-0.2, 0) is 19.1 Å². The number of thioether (sulfide) groups is 1. The van der Waals surface area contributed by atoms with Gasteiger partial charge in [-0.2, -0.15) is 5.26 Å². The highest BCUT2D eigenvalue weighted by molar-refractivity contribution is 8.03. The molecule has 0 unspecified atom stereocenters. The number of ether oxygens (including phenoxy) is 2. The van der Waals surface area contributed by atoms with Crippen molar-refractivity contribution < 1.29 is 19.1 Å². The molecule has 7 nitrogen and oxygen atoms in total. The van der Waals surface area contributed by atoms with E-state index in [9.17, 15) is 14.9 Å². The van der Waals surface area contributed by atoms with Crippen LogP contribution in [0, 0.1) is 18.3 Å². The maximum Gasteiger partial charge on any atom is 0.336 e. The Balaban J connectivity index is 1.90. The number of carbonyl (C=O) groups excluding carboxylic acids is 2. The summed E-state index contributed by atoms with van der Waals surface area (Å²) >= 11 is 13.8. The van der Waals surface area contributed by atoms with E-state index < -0.39 is 11.9 Å². The summed E-state index contributed by atoms with van der Waals surface area (Å²) in [5.41, 5.74) is 3.02. The molecule has 1 atom stereocenters. The van der Waals surface area contributed by atoms with E-state index in [0.717, 1.165) is 17.3 Å². The molecule has 1 aliphatic heterocycles. The lowest BCUT2D eigenvalue weighted by atomic mass is 9.82. The Morgan fingerprint density at radius 3 is 2.53 bits per heavy atom. The molecule has 36 heavy (non-hydrogen) atoms. The quantitative estimate of drug-likeness (QED) is 0.314. The van der Waals surface area contributed by atoms with Crippen molar-refractivity contribution in [3.63, 3.8) is 0 Å². The Labute approximate surface area is 224 Å². The fourth-order valence-electron chi connectivity index (χ4n) is 3.68. The molecular weight excluding hydrogens is 521 g/mol. The van der Waals surface area contributed by atoms with Gasteiger partial charge in [0.2, 0.25) is 5.91 Å². The highest BCUT2D eigenvalue weighted by atomic mass is 35.5. The van der Waals surface area contributed by atoms with E-state index in [-0.39, 0.29) is 36.0 Å². The number of methoxy groups -OCH3 is 1. The molecule has 1 heterocycles. The number of carbonyl (C=O) groups is 2. The largest absolute Gasteiger partial charge is 0.460 e. The predicted molar refractivity (Wildman–Crippen MR) is 143 cm³/mol. The molecule has 0 saturated carbocycles. The van der Waals surface area contributed by atoms with Crippen LogP contribution in [0.3, 0.4) is 0 Å². The number of nitrogens with zero attached hydrogens (tertiary/aromatic N) is 1. The Hall–Kier alpha value is -2.96. The molecule has 0 aromatic heterocycles. The van der Waals surface area contributed by atoms with Crippen LogP contribution in [0.1, 0.15) is 24.0 Å². The molecule has 10 heteroatoms. The van der Waals surface area contributed by atoms with Crippen molar-refractivity contribution in [3.05, 3.63) is 85.5 Å². The zero-order chi connectivity index (χ0) is 26.2. The van der Waals surface area contributed by atoms with E-state index >= 15 is 0 Å². The standard InChI is InChI=1S/C26H25Cl2N3O4S/c1-15-19(27)9-6-10-21(15)31-22(32)14-36-25-18(13-29)24(17-7-4-5-8-20(17)28)23(16(2)30-25)26(33)35-12-11-34-3/h4-10,24,30H,11-12,14H2,1-3H3,(H,31,32)/t24-/m1/s1. The van der Waals surface area contributed by atoms with Crippen molar-refractivity contribution in [1.29, 1.82) is 5.26 Å². The first-order chi connectivity index (χ1) is 17.3. The fraction of sp³-hybridized carbons (Fsp3) is 0.269. The predicted octanol–water partition coefficient (Wildman–Crippen LogP) is 5.56. The summed E-state index contributed by atoms with van der Waals surface area (Å²) in [6.07, 6.45) is 0. The van der Waals surface area contributed by atoms with Crippen LogP contribution < -0.4 is 10.6 Å². The van der Waals surface area contributed by atoms with Crippen LogP contribution in [0.4, 0.5) is 5.69 Å². The van der Waals surface area contributed by atoms with Crippen molar-refractivity contribution in [1.82, 2.24) is 5.32 Å². The Morgan fingerprint density at radius 2 is 1.83 bits per heavy atom. The van der Waals surface area contributed by atoms with Crippen molar-refractivity contribution in [2.24, 2.45) is 0 Å².